The van der Waals surface area contributed by atoms with Crippen LogP contribution in [0.15, 0.2) is 30.3 Å². The van der Waals surface area contributed by atoms with Crippen LogP contribution in [0.1, 0.15) is 37.7 Å². The lowest BCUT2D eigenvalue weighted by atomic mass is 9.91. The van der Waals surface area contributed by atoms with Gasteiger partial charge in [0, 0.05) is 36.6 Å². The van der Waals surface area contributed by atoms with Crippen LogP contribution in [0, 0.1) is 12.7 Å². The van der Waals surface area contributed by atoms with Crippen molar-refractivity contribution in [3.8, 4) is 11.5 Å². The molecule has 0 amide bonds. The van der Waals surface area contributed by atoms with Crippen molar-refractivity contribution in [2.45, 2.75) is 51.1 Å². The maximum Gasteiger partial charge on any atom is 0.227 e. The molecule has 7 nitrogen and oxygen atoms in total. The van der Waals surface area contributed by atoms with Crippen molar-refractivity contribution < 1.29 is 13.9 Å². The highest BCUT2D eigenvalue weighted by atomic mass is 19.1. The van der Waals surface area contributed by atoms with Crippen LogP contribution in [0.5, 0.6) is 11.5 Å². The molecule has 3 aromatic rings. The summed E-state index contributed by atoms with van der Waals surface area (Å²) in [5, 5.41) is 7.73. The molecule has 0 bridgehead atoms. The van der Waals surface area contributed by atoms with Crippen molar-refractivity contribution in [1.82, 2.24) is 15.3 Å². The van der Waals surface area contributed by atoms with Crippen LogP contribution in [-0.2, 0) is 0 Å². The van der Waals surface area contributed by atoms with Crippen LogP contribution in [0.25, 0.3) is 10.9 Å². The summed E-state index contributed by atoms with van der Waals surface area (Å²) in [4.78, 5) is 11.9. The van der Waals surface area contributed by atoms with Gasteiger partial charge in [0.25, 0.3) is 0 Å². The quantitative estimate of drug-likeness (QED) is 0.512. The monoisotopic (exact) mass is 465 g/mol. The summed E-state index contributed by atoms with van der Waals surface area (Å²) in [6, 6.07) is 10.0. The van der Waals surface area contributed by atoms with Crippen LogP contribution in [0.2, 0.25) is 0 Å². The van der Waals surface area contributed by atoms with Gasteiger partial charge in [-0.2, -0.15) is 4.98 Å². The fraction of sp³-hybridized carbons (Fsp3) is 0.462. The van der Waals surface area contributed by atoms with E-state index in [1.165, 1.54) is 25.3 Å². The first-order chi connectivity index (χ1) is 16.5. The van der Waals surface area contributed by atoms with E-state index >= 15 is 0 Å². The van der Waals surface area contributed by atoms with Crippen molar-refractivity contribution in [3.63, 3.8) is 0 Å². The first-order valence-electron chi connectivity index (χ1n) is 12.0. The van der Waals surface area contributed by atoms with Crippen molar-refractivity contribution in [3.05, 3.63) is 41.7 Å². The summed E-state index contributed by atoms with van der Waals surface area (Å²) in [5.74, 6) is 2.02. The molecule has 2 N–H and O–H groups in total. The number of aromatic nitrogens is 2. The molecule has 2 fully saturated rings. The number of fused-ring (bicyclic) bond motifs is 1. The Bertz CT molecular complexity index is 1180. The molecule has 5 rings (SSSR count). The Morgan fingerprint density at radius 3 is 2.29 bits per heavy atom. The number of rotatable bonds is 7. The third-order valence-electron chi connectivity index (χ3n) is 6.92. The second kappa shape index (κ2) is 9.62. The molecule has 180 valence electrons. The van der Waals surface area contributed by atoms with Gasteiger partial charge in [0.1, 0.15) is 11.6 Å². The Hall–Kier alpha value is -3.13. The molecule has 1 aromatic heterocycles. The van der Waals surface area contributed by atoms with Gasteiger partial charge < -0.3 is 25.0 Å². The number of ether oxygens (including phenoxy) is 2. The van der Waals surface area contributed by atoms with E-state index in [0.717, 1.165) is 36.9 Å². The van der Waals surface area contributed by atoms with E-state index in [1.54, 1.807) is 20.3 Å². The number of aryl methyl sites for hydroxylation is 1. The van der Waals surface area contributed by atoms with Crippen molar-refractivity contribution >= 4 is 28.4 Å². The van der Waals surface area contributed by atoms with Gasteiger partial charge in [0.15, 0.2) is 11.5 Å². The molecule has 8 heteroatoms. The molecule has 0 radical (unpaired) electrons. The van der Waals surface area contributed by atoms with Gasteiger partial charge in [0.2, 0.25) is 5.95 Å². The predicted molar refractivity (Wildman–Crippen MR) is 133 cm³/mol. The first-order valence-corrected chi connectivity index (χ1v) is 12.0. The van der Waals surface area contributed by atoms with E-state index in [2.05, 4.69) is 15.5 Å². The van der Waals surface area contributed by atoms with Crippen molar-refractivity contribution in [1.29, 1.82) is 0 Å². The molecule has 0 spiro atoms. The van der Waals surface area contributed by atoms with Crippen LogP contribution in [0.4, 0.5) is 21.8 Å². The molecule has 34 heavy (non-hydrogen) atoms. The smallest absolute Gasteiger partial charge is 0.227 e. The average molecular weight is 466 g/mol. The Labute approximate surface area is 199 Å². The Balaban J connectivity index is 1.48. The van der Waals surface area contributed by atoms with E-state index < -0.39 is 0 Å². The lowest BCUT2D eigenvalue weighted by Crippen LogP contribution is -2.48. The largest absolute Gasteiger partial charge is 0.493 e. The molecular formula is C26H32FN5O2. The van der Waals surface area contributed by atoms with E-state index in [4.69, 9.17) is 19.4 Å². The number of methoxy groups -OCH3 is 2. The van der Waals surface area contributed by atoms with E-state index in [1.807, 2.05) is 25.1 Å². The van der Waals surface area contributed by atoms with Gasteiger partial charge in [-0.15, -0.1) is 0 Å². The number of anilines is 3. The number of hydrogen-bond acceptors (Lipinski definition) is 7. The summed E-state index contributed by atoms with van der Waals surface area (Å²) < 4.78 is 25.7. The lowest BCUT2D eigenvalue weighted by molar-refractivity contribution is 0.279. The van der Waals surface area contributed by atoms with Crippen LogP contribution in [0.3, 0.4) is 0 Å². The van der Waals surface area contributed by atoms with Gasteiger partial charge in [-0.1, -0.05) is 12.5 Å². The van der Waals surface area contributed by atoms with Crippen LogP contribution in [-0.4, -0.2) is 49.4 Å². The molecule has 0 atom stereocenters. The normalized spacial score (nSPS) is 17.0. The number of halogens is 1. The van der Waals surface area contributed by atoms with E-state index in [0.29, 0.717) is 46.6 Å². The fourth-order valence-electron chi connectivity index (χ4n) is 4.68. The van der Waals surface area contributed by atoms with Gasteiger partial charge in [0.05, 0.1) is 25.4 Å². The maximum absolute atomic E-state index is 14.7. The number of piperidine rings is 1. The molecule has 2 aliphatic rings. The zero-order valence-electron chi connectivity index (χ0n) is 20.0. The second-order valence-electron chi connectivity index (χ2n) is 9.26. The number of nitrogens with zero attached hydrogens (tertiary/aromatic N) is 3. The molecular weight excluding hydrogens is 433 g/mol. The van der Waals surface area contributed by atoms with Gasteiger partial charge in [-0.3, -0.25) is 0 Å². The van der Waals surface area contributed by atoms with Gasteiger partial charge in [-0.05, 0) is 56.4 Å². The van der Waals surface area contributed by atoms with Gasteiger partial charge in [-0.25, -0.2) is 9.37 Å². The third kappa shape index (κ3) is 4.59. The maximum atomic E-state index is 14.7. The zero-order chi connectivity index (χ0) is 23.7. The number of hydrogen-bond donors (Lipinski definition) is 2. The average Bonchev–Trinajstić information content (AvgIpc) is 2.82. The summed E-state index contributed by atoms with van der Waals surface area (Å²) in [7, 11) is 3.19. The molecule has 1 saturated carbocycles. The minimum absolute atomic E-state index is 0.323. The minimum atomic E-state index is -0.323. The standard InChI is InChI=1S/C26H32FN5O2/c1-16-7-8-21(20(27)13-16)29-25-19-14-23(33-2)24(34-3)15-22(19)30-26(31-25)32-11-9-18(10-12-32)28-17-5-4-6-17/h7-8,13-15,17-18,28H,4-6,9-12H2,1-3H3,(H,29,30,31). The third-order valence-corrected chi connectivity index (χ3v) is 6.92. The number of nitrogens with one attached hydrogen (secondary N) is 2. The summed E-state index contributed by atoms with van der Waals surface area (Å²) >= 11 is 0. The minimum Gasteiger partial charge on any atom is -0.493 e. The zero-order valence-corrected chi connectivity index (χ0v) is 20.0. The SMILES string of the molecule is COc1cc2nc(N3CCC(NC4CCC4)CC3)nc(Nc3ccc(C)cc3F)c2cc1OC. The Morgan fingerprint density at radius 2 is 1.65 bits per heavy atom. The summed E-state index contributed by atoms with van der Waals surface area (Å²) in [6.07, 6.45) is 6.04. The molecule has 2 heterocycles. The summed E-state index contributed by atoms with van der Waals surface area (Å²) in [5.41, 5.74) is 1.95. The van der Waals surface area contributed by atoms with E-state index in [9.17, 15) is 4.39 Å². The van der Waals surface area contributed by atoms with Crippen LogP contribution >= 0.6 is 0 Å². The predicted octanol–water partition coefficient (Wildman–Crippen LogP) is 4.95. The fourth-order valence-corrected chi connectivity index (χ4v) is 4.68. The van der Waals surface area contributed by atoms with Crippen molar-refractivity contribution in [2.24, 2.45) is 0 Å². The first kappa shape index (κ1) is 22.7. The second-order valence-corrected chi connectivity index (χ2v) is 9.26. The number of benzene rings is 2. The topological polar surface area (TPSA) is 71.5 Å². The molecule has 0 unspecified atom stereocenters. The van der Waals surface area contributed by atoms with Crippen molar-refractivity contribution in [2.75, 3.05) is 37.5 Å². The molecule has 1 aliphatic heterocycles. The van der Waals surface area contributed by atoms with Crippen LogP contribution < -0.4 is 25.0 Å². The highest BCUT2D eigenvalue weighted by Crippen LogP contribution is 2.36. The Morgan fingerprint density at radius 1 is 0.941 bits per heavy atom. The molecule has 1 aliphatic carbocycles. The van der Waals surface area contributed by atoms with E-state index in [-0.39, 0.29) is 5.82 Å². The Kier molecular flexibility index (Phi) is 6.41. The summed E-state index contributed by atoms with van der Waals surface area (Å²) in [6.45, 7) is 3.62. The van der Waals surface area contributed by atoms with Gasteiger partial charge >= 0.3 is 0 Å². The highest BCUT2D eigenvalue weighted by molar-refractivity contribution is 5.94. The lowest BCUT2D eigenvalue weighted by Gasteiger charge is -2.37. The highest BCUT2D eigenvalue weighted by Gasteiger charge is 2.26. The molecule has 1 saturated heterocycles. The molecule has 2 aromatic carbocycles.